The van der Waals surface area contributed by atoms with Crippen molar-refractivity contribution in [2.75, 3.05) is 0 Å². The third-order valence-electron chi connectivity index (χ3n) is 2.87. The lowest BCUT2D eigenvalue weighted by Gasteiger charge is -2.05. The molecule has 3 nitrogen and oxygen atoms in total. The molecule has 1 aliphatic rings. The summed E-state index contributed by atoms with van der Waals surface area (Å²) in [6.07, 6.45) is 1.81. The minimum absolute atomic E-state index is 0.217. The maximum absolute atomic E-state index is 11.3. The summed E-state index contributed by atoms with van der Waals surface area (Å²) < 4.78 is 4.51. The SMILES string of the molecule is CCc1ccc(CC2CC(=O)OC2=O)cc1. The Labute approximate surface area is 94.4 Å². The van der Waals surface area contributed by atoms with Gasteiger partial charge in [0.05, 0.1) is 12.3 Å². The number of ether oxygens (including phenoxy) is 1. The Balaban J connectivity index is 2.03. The highest BCUT2D eigenvalue weighted by molar-refractivity contribution is 5.94. The Hall–Kier alpha value is -1.64. The van der Waals surface area contributed by atoms with Gasteiger partial charge < -0.3 is 4.74 Å². The molecule has 0 amide bonds. The zero-order valence-corrected chi connectivity index (χ0v) is 9.23. The molecule has 1 fully saturated rings. The summed E-state index contributed by atoms with van der Waals surface area (Å²) >= 11 is 0. The minimum Gasteiger partial charge on any atom is -0.393 e. The Morgan fingerprint density at radius 1 is 1.19 bits per heavy atom. The van der Waals surface area contributed by atoms with Gasteiger partial charge in [-0.1, -0.05) is 31.2 Å². The van der Waals surface area contributed by atoms with E-state index in [2.05, 4.69) is 23.8 Å². The fourth-order valence-electron chi connectivity index (χ4n) is 1.87. The molecule has 1 unspecified atom stereocenters. The van der Waals surface area contributed by atoms with E-state index in [1.54, 1.807) is 0 Å². The summed E-state index contributed by atoms with van der Waals surface area (Å²) in [5.74, 6) is -1.08. The van der Waals surface area contributed by atoms with E-state index in [0.717, 1.165) is 12.0 Å². The molecule has 0 spiro atoms. The number of rotatable bonds is 3. The molecule has 2 rings (SSSR count). The lowest BCUT2D eigenvalue weighted by molar-refractivity contribution is -0.153. The summed E-state index contributed by atoms with van der Waals surface area (Å²) in [6.45, 7) is 2.10. The Morgan fingerprint density at radius 2 is 1.81 bits per heavy atom. The van der Waals surface area contributed by atoms with Gasteiger partial charge in [-0.2, -0.15) is 0 Å². The van der Waals surface area contributed by atoms with Crippen LogP contribution >= 0.6 is 0 Å². The molecular formula is C13H14O3. The second-order valence-electron chi connectivity index (χ2n) is 4.07. The molecule has 0 saturated carbocycles. The average Bonchev–Trinajstić information content (AvgIpc) is 2.59. The van der Waals surface area contributed by atoms with E-state index in [1.807, 2.05) is 12.1 Å². The van der Waals surface area contributed by atoms with Crippen molar-refractivity contribution in [3.05, 3.63) is 35.4 Å². The Morgan fingerprint density at radius 3 is 2.31 bits per heavy atom. The maximum atomic E-state index is 11.3. The first kappa shape index (κ1) is 10.9. The number of hydrogen-bond donors (Lipinski definition) is 0. The van der Waals surface area contributed by atoms with E-state index >= 15 is 0 Å². The van der Waals surface area contributed by atoms with E-state index in [9.17, 15) is 9.59 Å². The van der Waals surface area contributed by atoms with Gasteiger partial charge in [-0.3, -0.25) is 9.59 Å². The van der Waals surface area contributed by atoms with E-state index in [4.69, 9.17) is 0 Å². The molecule has 1 heterocycles. The van der Waals surface area contributed by atoms with Crippen LogP contribution in [0.2, 0.25) is 0 Å². The lowest BCUT2D eigenvalue weighted by atomic mass is 9.97. The monoisotopic (exact) mass is 218 g/mol. The number of hydrogen-bond acceptors (Lipinski definition) is 3. The number of carbonyl (C=O) groups is 2. The highest BCUT2D eigenvalue weighted by atomic mass is 16.6. The molecule has 0 bridgehead atoms. The second kappa shape index (κ2) is 4.47. The molecule has 1 aliphatic heterocycles. The molecular weight excluding hydrogens is 204 g/mol. The highest BCUT2D eigenvalue weighted by Gasteiger charge is 2.33. The number of esters is 2. The number of cyclic esters (lactones) is 2. The van der Waals surface area contributed by atoms with E-state index in [-0.39, 0.29) is 18.3 Å². The van der Waals surface area contributed by atoms with Gasteiger partial charge in [0.25, 0.3) is 0 Å². The van der Waals surface area contributed by atoms with Crippen molar-refractivity contribution in [3.8, 4) is 0 Å². The molecule has 0 N–H and O–H groups in total. The van der Waals surface area contributed by atoms with Crippen molar-refractivity contribution in [2.45, 2.75) is 26.2 Å². The molecule has 16 heavy (non-hydrogen) atoms. The number of carbonyl (C=O) groups excluding carboxylic acids is 2. The highest BCUT2D eigenvalue weighted by Crippen LogP contribution is 2.21. The minimum atomic E-state index is -0.403. The summed E-state index contributed by atoms with van der Waals surface area (Å²) in [7, 11) is 0. The molecule has 1 aromatic carbocycles. The summed E-state index contributed by atoms with van der Waals surface area (Å²) in [5.41, 5.74) is 2.35. The third-order valence-corrected chi connectivity index (χ3v) is 2.87. The Kier molecular flexibility index (Phi) is 3.04. The largest absolute Gasteiger partial charge is 0.393 e. The van der Waals surface area contributed by atoms with Gasteiger partial charge in [-0.05, 0) is 24.0 Å². The van der Waals surface area contributed by atoms with E-state index < -0.39 is 5.97 Å². The number of benzene rings is 1. The Bertz CT molecular complexity index is 406. The number of aryl methyl sites for hydroxylation is 1. The fourth-order valence-corrected chi connectivity index (χ4v) is 1.87. The van der Waals surface area contributed by atoms with Crippen molar-refractivity contribution in [1.82, 2.24) is 0 Å². The van der Waals surface area contributed by atoms with Crippen LogP contribution in [0.25, 0.3) is 0 Å². The van der Waals surface area contributed by atoms with Crippen LogP contribution in [-0.2, 0) is 27.2 Å². The van der Waals surface area contributed by atoms with Gasteiger partial charge in [0.1, 0.15) is 0 Å². The molecule has 0 aliphatic carbocycles. The summed E-state index contributed by atoms with van der Waals surface area (Å²) in [5, 5.41) is 0. The zero-order valence-electron chi connectivity index (χ0n) is 9.23. The summed E-state index contributed by atoms with van der Waals surface area (Å²) in [6, 6.07) is 8.12. The average molecular weight is 218 g/mol. The van der Waals surface area contributed by atoms with Crippen LogP contribution in [0.4, 0.5) is 0 Å². The van der Waals surface area contributed by atoms with Gasteiger partial charge >= 0.3 is 11.9 Å². The molecule has 1 atom stereocenters. The van der Waals surface area contributed by atoms with Crippen LogP contribution in [0.15, 0.2) is 24.3 Å². The standard InChI is InChI=1S/C13H14O3/c1-2-9-3-5-10(6-4-9)7-11-8-12(14)16-13(11)15/h3-6,11H,2,7-8H2,1H3. The van der Waals surface area contributed by atoms with Crippen LogP contribution < -0.4 is 0 Å². The van der Waals surface area contributed by atoms with Crippen molar-refractivity contribution in [3.63, 3.8) is 0 Å². The maximum Gasteiger partial charge on any atom is 0.317 e. The quantitative estimate of drug-likeness (QED) is 0.574. The molecule has 1 saturated heterocycles. The molecule has 84 valence electrons. The van der Waals surface area contributed by atoms with Gasteiger partial charge in [-0.15, -0.1) is 0 Å². The van der Waals surface area contributed by atoms with Gasteiger partial charge in [0.15, 0.2) is 0 Å². The van der Waals surface area contributed by atoms with Crippen molar-refractivity contribution >= 4 is 11.9 Å². The van der Waals surface area contributed by atoms with E-state index in [1.165, 1.54) is 5.56 Å². The fraction of sp³-hybridized carbons (Fsp3) is 0.385. The van der Waals surface area contributed by atoms with Crippen molar-refractivity contribution in [1.29, 1.82) is 0 Å². The van der Waals surface area contributed by atoms with Crippen LogP contribution in [0.3, 0.4) is 0 Å². The van der Waals surface area contributed by atoms with E-state index in [0.29, 0.717) is 6.42 Å². The first-order valence-corrected chi connectivity index (χ1v) is 5.51. The van der Waals surface area contributed by atoms with Crippen molar-refractivity contribution < 1.29 is 14.3 Å². The smallest absolute Gasteiger partial charge is 0.317 e. The predicted molar refractivity (Wildman–Crippen MR) is 58.7 cm³/mol. The van der Waals surface area contributed by atoms with Crippen LogP contribution in [0.1, 0.15) is 24.5 Å². The lowest BCUT2D eigenvalue weighted by Crippen LogP contribution is -2.10. The predicted octanol–water partition coefficient (Wildman–Crippen LogP) is 1.88. The topological polar surface area (TPSA) is 43.4 Å². The van der Waals surface area contributed by atoms with Crippen molar-refractivity contribution in [2.24, 2.45) is 5.92 Å². The molecule has 3 heteroatoms. The normalized spacial score (nSPS) is 19.9. The first-order valence-electron chi connectivity index (χ1n) is 5.51. The van der Waals surface area contributed by atoms with Gasteiger partial charge in [-0.25, -0.2) is 0 Å². The molecule has 0 radical (unpaired) electrons. The molecule has 0 aromatic heterocycles. The van der Waals surface area contributed by atoms with Crippen LogP contribution in [0, 0.1) is 5.92 Å². The third kappa shape index (κ3) is 2.30. The second-order valence-corrected chi connectivity index (χ2v) is 4.07. The van der Waals surface area contributed by atoms with Gasteiger partial charge in [0, 0.05) is 0 Å². The van der Waals surface area contributed by atoms with Crippen LogP contribution in [-0.4, -0.2) is 11.9 Å². The van der Waals surface area contributed by atoms with Crippen LogP contribution in [0.5, 0.6) is 0 Å². The molecule has 1 aromatic rings. The zero-order chi connectivity index (χ0) is 11.5. The summed E-state index contributed by atoms with van der Waals surface area (Å²) in [4.78, 5) is 22.2. The first-order chi connectivity index (χ1) is 7.69. The van der Waals surface area contributed by atoms with Gasteiger partial charge in [0.2, 0.25) is 0 Å².